The molecule has 0 radical (unpaired) electrons. The highest BCUT2D eigenvalue weighted by molar-refractivity contribution is 7.26. The molecule has 6 nitrogen and oxygen atoms in total. The molecule has 1 aromatic carbocycles. The molecule has 0 spiro atoms. The van der Waals surface area contributed by atoms with E-state index in [2.05, 4.69) is 26.0 Å². The van der Waals surface area contributed by atoms with Gasteiger partial charge in [-0.3, -0.25) is 18.4 Å². The summed E-state index contributed by atoms with van der Waals surface area (Å²) in [5.74, 6) is 0. The Labute approximate surface area is 283 Å². The summed E-state index contributed by atoms with van der Waals surface area (Å²) in [5.41, 5.74) is 3.25. The molecule has 0 fully saturated rings. The first-order chi connectivity index (χ1) is 23.1. The summed E-state index contributed by atoms with van der Waals surface area (Å²) in [4.78, 5) is 37.4. The van der Waals surface area contributed by atoms with Crippen LogP contribution in [0.5, 0.6) is 0 Å². The summed E-state index contributed by atoms with van der Waals surface area (Å²) >= 11 is 1.34. The van der Waals surface area contributed by atoms with E-state index in [9.17, 15) is 9.59 Å². The third-order valence-corrected chi connectivity index (χ3v) is 11.4. The van der Waals surface area contributed by atoms with Crippen molar-refractivity contribution in [3.05, 3.63) is 56.6 Å². The summed E-state index contributed by atoms with van der Waals surface area (Å²) < 4.78 is 4.72. The summed E-state index contributed by atoms with van der Waals surface area (Å²) in [7, 11) is 0. The number of aromatic nitrogens is 4. The maximum absolute atomic E-state index is 13.8. The average molecular weight is 655 g/mol. The fraction of sp³-hybridized carbons (Fsp3) is 0.600. The topological polar surface area (TPSA) is 68.7 Å². The number of fused-ring (bicyclic) bond motifs is 4. The molecule has 0 bridgehead atoms. The number of imidazole rings is 2. The van der Waals surface area contributed by atoms with Gasteiger partial charge in [0.2, 0.25) is 0 Å². The second-order valence-corrected chi connectivity index (χ2v) is 15.0. The molecule has 0 saturated carbocycles. The molecule has 0 unspecified atom stereocenters. The summed E-state index contributed by atoms with van der Waals surface area (Å²) in [6.07, 6.45) is 31.7. The Morgan fingerprint density at radius 1 is 0.511 bits per heavy atom. The number of unbranched alkanes of at least 4 members (excludes halogenated alkanes) is 18. The van der Waals surface area contributed by atoms with E-state index in [1.165, 1.54) is 127 Å². The van der Waals surface area contributed by atoms with Gasteiger partial charge in [-0.1, -0.05) is 129 Å². The van der Waals surface area contributed by atoms with E-state index in [1.54, 1.807) is 8.80 Å². The van der Waals surface area contributed by atoms with Crippen LogP contribution in [0.1, 0.15) is 154 Å². The Hall–Kier alpha value is -3.06. The monoisotopic (exact) mass is 654 g/mol. The third-order valence-electron chi connectivity index (χ3n) is 10.3. The van der Waals surface area contributed by atoms with Crippen LogP contribution in [0.25, 0.3) is 42.2 Å². The summed E-state index contributed by atoms with van der Waals surface area (Å²) in [6.45, 7) is 4.54. The van der Waals surface area contributed by atoms with Crippen LogP contribution in [0.4, 0.5) is 0 Å². The molecule has 6 rings (SSSR count). The van der Waals surface area contributed by atoms with Gasteiger partial charge in [0.25, 0.3) is 11.1 Å². The first kappa shape index (κ1) is 33.8. The van der Waals surface area contributed by atoms with Crippen LogP contribution in [0.2, 0.25) is 0 Å². The van der Waals surface area contributed by atoms with Gasteiger partial charge in [0.1, 0.15) is 20.7 Å². The number of aryl methyl sites for hydroxylation is 2. The predicted molar refractivity (Wildman–Crippen MR) is 200 cm³/mol. The maximum Gasteiger partial charge on any atom is 0.274 e. The SMILES string of the molecule is CCCCCCCCCCCCc1cn2c(=O)c3sc4c(=O)n5cc(CCCCCCCCCCCC)nc5c5ccc(c3c45)c2n1. The zero-order chi connectivity index (χ0) is 32.6. The van der Waals surface area contributed by atoms with Crippen molar-refractivity contribution in [1.82, 2.24) is 18.8 Å². The minimum absolute atomic E-state index is 0.0679. The van der Waals surface area contributed by atoms with Crippen LogP contribution in [0.3, 0.4) is 0 Å². The second-order valence-electron chi connectivity index (χ2n) is 14.0. The normalized spacial score (nSPS) is 12.4. The minimum Gasteiger partial charge on any atom is -0.267 e. The number of hydrogen-bond acceptors (Lipinski definition) is 5. The first-order valence-electron chi connectivity index (χ1n) is 19.0. The Kier molecular flexibility index (Phi) is 11.8. The first-order valence-corrected chi connectivity index (χ1v) is 19.8. The molecule has 0 aliphatic heterocycles. The van der Waals surface area contributed by atoms with Gasteiger partial charge in [0.15, 0.2) is 0 Å². The zero-order valence-corrected chi connectivity index (χ0v) is 29.7. The van der Waals surface area contributed by atoms with Crippen molar-refractivity contribution >= 4 is 53.6 Å². The van der Waals surface area contributed by atoms with Gasteiger partial charge in [-0.2, -0.15) is 0 Å². The van der Waals surface area contributed by atoms with Gasteiger partial charge in [0.05, 0.1) is 11.4 Å². The number of rotatable bonds is 22. The van der Waals surface area contributed by atoms with E-state index in [1.807, 2.05) is 12.4 Å². The van der Waals surface area contributed by atoms with Crippen LogP contribution in [-0.2, 0) is 12.8 Å². The molecule has 5 heterocycles. The zero-order valence-electron chi connectivity index (χ0n) is 28.9. The van der Waals surface area contributed by atoms with Gasteiger partial charge in [-0.15, -0.1) is 11.3 Å². The third kappa shape index (κ3) is 7.50. The Balaban J connectivity index is 1.12. The molecule has 0 atom stereocenters. The predicted octanol–water partition coefficient (Wildman–Crippen LogP) is 11.0. The molecular formula is C40H54N4O2S. The Bertz CT molecular complexity index is 1850. The van der Waals surface area contributed by atoms with E-state index in [-0.39, 0.29) is 11.1 Å². The van der Waals surface area contributed by atoms with Gasteiger partial charge in [-0.05, 0) is 37.8 Å². The van der Waals surface area contributed by atoms with Crippen LogP contribution in [0.15, 0.2) is 34.1 Å². The molecule has 0 saturated heterocycles. The highest BCUT2D eigenvalue weighted by atomic mass is 32.1. The molecule has 252 valence electrons. The van der Waals surface area contributed by atoms with Crippen LogP contribution < -0.4 is 11.1 Å². The molecule has 5 aromatic heterocycles. The number of nitrogens with zero attached hydrogens (tertiary/aromatic N) is 4. The van der Waals surface area contributed by atoms with Crippen molar-refractivity contribution in [2.45, 2.75) is 155 Å². The van der Waals surface area contributed by atoms with Gasteiger partial charge in [-0.25, -0.2) is 9.97 Å². The quantitative estimate of drug-likeness (QED) is 0.0539. The van der Waals surface area contributed by atoms with E-state index >= 15 is 0 Å². The van der Waals surface area contributed by atoms with Crippen molar-refractivity contribution in [2.24, 2.45) is 0 Å². The minimum atomic E-state index is -0.0679. The van der Waals surface area contributed by atoms with E-state index in [0.717, 1.165) is 58.6 Å². The maximum atomic E-state index is 13.8. The fourth-order valence-electron chi connectivity index (χ4n) is 7.55. The van der Waals surface area contributed by atoms with Crippen molar-refractivity contribution in [3.8, 4) is 0 Å². The number of benzene rings is 1. The smallest absolute Gasteiger partial charge is 0.267 e. The number of pyridine rings is 2. The van der Waals surface area contributed by atoms with Crippen LogP contribution in [0, 0.1) is 0 Å². The molecule has 47 heavy (non-hydrogen) atoms. The van der Waals surface area contributed by atoms with Crippen LogP contribution >= 0.6 is 11.3 Å². The molecular weight excluding hydrogens is 601 g/mol. The van der Waals surface area contributed by atoms with Crippen molar-refractivity contribution in [1.29, 1.82) is 0 Å². The molecule has 0 amide bonds. The molecule has 0 aliphatic rings. The lowest BCUT2D eigenvalue weighted by molar-refractivity contribution is 0.555. The summed E-state index contributed by atoms with van der Waals surface area (Å²) in [5, 5.41) is 3.67. The van der Waals surface area contributed by atoms with E-state index in [0.29, 0.717) is 20.7 Å². The molecule has 7 heteroatoms. The van der Waals surface area contributed by atoms with Gasteiger partial charge >= 0.3 is 0 Å². The van der Waals surface area contributed by atoms with Crippen molar-refractivity contribution < 1.29 is 0 Å². The Morgan fingerprint density at radius 3 is 1.21 bits per heavy atom. The number of hydrogen-bond donors (Lipinski definition) is 0. The Morgan fingerprint density at radius 2 is 0.851 bits per heavy atom. The lowest BCUT2D eigenvalue weighted by Gasteiger charge is -2.04. The summed E-state index contributed by atoms with van der Waals surface area (Å²) in [6, 6.07) is 4.17. The average Bonchev–Trinajstić information content (AvgIpc) is 3.82. The standard InChI is InChI=1S/C40H54N4O2S/c1-3-5-7-9-11-13-15-17-19-21-23-29-27-43-37(41-29)31-25-26-32-34-33(31)35(39(43)45)47-36(34)40(46)44-28-30(42-38(32)44)24-22-20-18-16-14-12-10-8-6-4-2/h25-28H,3-24H2,1-2H3. The van der Waals surface area contributed by atoms with Crippen molar-refractivity contribution in [3.63, 3.8) is 0 Å². The van der Waals surface area contributed by atoms with E-state index in [4.69, 9.17) is 9.97 Å². The second kappa shape index (κ2) is 16.4. The highest BCUT2D eigenvalue weighted by Gasteiger charge is 2.23. The fourth-order valence-corrected chi connectivity index (χ4v) is 8.75. The van der Waals surface area contributed by atoms with Gasteiger partial charge in [0, 0.05) is 33.9 Å². The van der Waals surface area contributed by atoms with Crippen molar-refractivity contribution in [2.75, 3.05) is 0 Å². The molecule has 0 aliphatic carbocycles. The lowest BCUT2D eigenvalue weighted by atomic mass is 10.0. The lowest BCUT2D eigenvalue weighted by Crippen LogP contribution is -2.11. The van der Waals surface area contributed by atoms with Crippen LogP contribution in [-0.4, -0.2) is 18.8 Å². The molecule has 6 aromatic rings. The number of thiophene rings is 1. The van der Waals surface area contributed by atoms with E-state index < -0.39 is 0 Å². The molecule has 0 N–H and O–H groups in total. The highest BCUT2D eigenvalue weighted by Crippen LogP contribution is 2.40. The van der Waals surface area contributed by atoms with Gasteiger partial charge < -0.3 is 0 Å². The largest absolute Gasteiger partial charge is 0.274 e.